The minimum Gasteiger partial charge on any atom is -0.496 e. The maximum atomic E-state index is 13.0. The third kappa shape index (κ3) is 6.94. The van der Waals surface area contributed by atoms with Crippen LogP contribution in [0.4, 0.5) is 8.78 Å². The Morgan fingerprint density at radius 1 is 1.03 bits per heavy atom. The number of hydrogen-bond acceptors (Lipinski definition) is 7. The van der Waals surface area contributed by atoms with Crippen molar-refractivity contribution in [2.45, 2.75) is 31.9 Å². The summed E-state index contributed by atoms with van der Waals surface area (Å²) in [4.78, 5) is 19.4. The first kappa shape index (κ1) is 28.1. The van der Waals surface area contributed by atoms with Crippen molar-refractivity contribution in [1.82, 2.24) is 15.2 Å². The highest BCUT2D eigenvalue weighted by molar-refractivity contribution is 5.78. The second kappa shape index (κ2) is 13.2. The van der Waals surface area contributed by atoms with E-state index >= 15 is 0 Å². The van der Waals surface area contributed by atoms with Gasteiger partial charge in [0.25, 0.3) is 6.43 Å². The molecule has 0 saturated carbocycles. The zero-order chi connectivity index (χ0) is 27.8. The van der Waals surface area contributed by atoms with E-state index in [4.69, 9.17) is 18.9 Å². The molecule has 208 valence electrons. The summed E-state index contributed by atoms with van der Waals surface area (Å²) in [5, 5.41) is 2.94. The van der Waals surface area contributed by atoms with Crippen molar-refractivity contribution in [2.24, 2.45) is 0 Å². The van der Waals surface area contributed by atoms with Gasteiger partial charge in [0, 0.05) is 29.9 Å². The summed E-state index contributed by atoms with van der Waals surface area (Å²) in [5.74, 6) is 2.06. The molecule has 1 aliphatic heterocycles. The van der Waals surface area contributed by atoms with Gasteiger partial charge in [0.2, 0.25) is 5.91 Å². The molecule has 1 aliphatic rings. The number of aromatic nitrogens is 1. The third-order valence-corrected chi connectivity index (χ3v) is 6.70. The monoisotopic (exact) mass is 541 g/mol. The smallest absolute Gasteiger partial charge is 0.272 e. The third-order valence-electron chi connectivity index (χ3n) is 6.70. The van der Waals surface area contributed by atoms with Crippen LogP contribution in [0.1, 0.15) is 28.4 Å². The summed E-state index contributed by atoms with van der Waals surface area (Å²) in [5.41, 5.74) is 3.35. The van der Waals surface area contributed by atoms with Crippen molar-refractivity contribution in [3.63, 3.8) is 0 Å². The molecule has 2 aromatic carbocycles. The van der Waals surface area contributed by atoms with Gasteiger partial charge in [-0.05, 0) is 54.8 Å². The van der Waals surface area contributed by atoms with Crippen molar-refractivity contribution in [3.8, 4) is 23.0 Å². The Labute approximate surface area is 226 Å². The second-order valence-electron chi connectivity index (χ2n) is 9.09. The highest BCUT2D eigenvalue weighted by Crippen LogP contribution is 2.43. The van der Waals surface area contributed by atoms with E-state index in [-0.39, 0.29) is 18.5 Å². The SMILES string of the molecule is COc1ccc(CC2c3c(OC)ccc(OCC(F)F)c3CCN2CC(=O)NCc2ccccn2)cc1OC. The van der Waals surface area contributed by atoms with Crippen LogP contribution in [0.5, 0.6) is 23.0 Å². The number of halogens is 2. The number of rotatable bonds is 12. The van der Waals surface area contributed by atoms with Crippen LogP contribution in [0.3, 0.4) is 0 Å². The molecule has 1 N–H and O–H groups in total. The molecule has 2 heterocycles. The molecule has 1 amide bonds. The Hall–Kier alpha value is -3.92. The lowest BCUT2D eigenvalue weighted by atomic mass is 9.87. The van der Waals surface area contributed by atoms with Crippen LogP contribution in [-0.2, 0) is 24.2 Å². The molecule has 0 spiro atoms. The van der Waals surface area contributed by atoms with Gasteiger partial charge in [0.15, 0.2) is 11.5 Å². The molecule has 1 unspecified atom stereocenters. The first-order valence-corrected chi connectivity index (χ1v) is 12.7. The van der Waals surface area contributed by atoms with E-state index in [9.17, 15) is 13.6 Å². The molecule has 39 heavy (non-hydrogen) atoms. The summed E-state index contributed by atoms with van der Waals surface area (Å²) < 4.78 is 48.0. The van der Waals surface area contributed by atoms with E-state index in [1.807, 2.05) is 36.4 Å². The van der Waals surface area contributed by atoms with Crippen molar-refractivity contribution >= 4 is 5.91 Å². The Morgan fingerprint density at radius 2 is 1.77 bits per heavy atom. The van der Waals surface area contributed by atoms with E-state index in [0.29, 0.717) is 48.9 Å². The number of ether oxygens (including phenoxy) is 4. The number of amides is 1. The van der Waals surface area contributed by atoms with Crippen LogP contribution in [0, 0.1) is 0 Å². The van der Waals surface area contributed by atoms with Gasteiger partial charge >= 0.3 is 0 Å². The van der Waals surface area contributed by atoms with Gasteiger partial charge < -0.3 is 24.3 Å². The van der Waals surface area contributed by atoms with Crippen molar-refractivity contribution in [3.05, 3.63) is 77.1 Å². The average molecular weight is 542 g/mol. The van der Waals surface area contributed by atoms with Crippen LogP contribution in [0.15, 0.2) is 54.7 Å². The molecule has 10 heteroatoms. The molecule has 1 aromatic heterocycles. The number of hydrogen-bond donors (Lipinski definition) is 1. The second-order valence-corrected chi connectivity index (χ2v) is 9.09. The maximum Gasteiger partial charge on any atom is 0.272 e. The average Bonchev–Trinajstić information content (AvgIpc) is 2.96. The fourth-order valence-electron chi connectivity index (χ4n) is 4.89. The Bertz CT molecular complexity index is 1260. The number of alkyl halides is 2. The number of carbonyl (C=O) groups is 1. The van der Waals surface area contributed by atoms with E-state index in [1.54, 1.807) is 39.7 Å². The van der Waals surface area contributed by atoms with Gasteiger partial charge in [0.1, 0.15) is 18.1 Å². The molecule has 0 saturated heterocycles. The largest absolute Gasteiger partial charge is 0.496 e. The lowest BCUT2D eigenvalue weighted by Gasteiger charge is -2.38. The lowest BCUT2D eigenvalue weighted by Crippen LogP contribution is -2.43. The topological polar surface area (TPSA) is 82.2 Å². The van der Waals surface area contributed by atoms with E-state index in [2.05, 4.69) is 15.2 Å². The number of carbonyl (C=O) groups excluding carboxylic acids is 1. The van der Waals surface area contributed by atoms with E-state index in [1.165, 1.54) is 0 Å². The zero-order valence-corrected chi connectivity index (χ0v) is 22.3. The Kier molecular flexibility index (Phi) is 9.54. The molecular formula is C29H33F2N3O5. The van der Waals surface area contributed by atoms with Crippen LogP contribution in [0.25, 0.3) is 0 Å². The summed E-state index contributed by atoms with van der Waals surface area (Å²) in [6.45, 7) is 0.286. The molecule has 1 atom stereocenters. The van der Waals surface area contributed by atoms with Gasteiger partial charge in [-0.25, -0.2) is 8.78 Å². The first-order chi connectivity index (χ1) is 18.9. The fourth-order valence-corrected chi connectivity index (χ4v) is 4.89. The van der Waals surface area contributed by atoms with Crippen molar-refractivity contribution in [1.29, 1.82) is 0 Å². The van der Waals surface area contributed by atoms with Crippen molar-refractivity contribution in [2.75, 3.05) is 41.0 Å². The molecule has 0 bridgehead atoms. The molecule has 4 rings (SSSR count). The zero-order valence-electron chi connectivity index (χ0n) is 22.3. The summed E-state index contributed by atoms with van der Waals surface area (Å²) in [7, 11) is 4.72. The predicted octanol–water partition coefficient (Wildman–Crippen LogP) is 4.21. The van der Waals surface area contributed by atoms with Crippen LogP contribution in [-0.4, -0.2) is 63.2 Å². The number of fused-ring (bicyclic) bond motifs is 1. The van der Waals surface area contributed by atoms with Crippen LogP contribution in [0.2, 0.25) is 0 Å². The highest BCUT2D eigenvalue weighted by Gasteiger charge is 2.34. The Balaban J connectivity index is 1.65. The molecule has 0 aliphatic carbocycles. The maximum absolute atomic E-state index is 13.0. The molecule has 8 nitrogen and oxygen atoms in total. The fraction of sp³-hybridized carbons (Fsp3) is 0.379. The van der Waals surface area contributed by atoms with E-state index in [0.717, 1.165) is 22.4 Å². The van der Waals surface area contributed by atoms with E-state index < -0.39 is 13.0 Å². The lowest BCUT2D eigenvalue weighted by molar-refractivity contribution is -0.123. The predicted molar refractivity (Wildman–Crippen MR) is 142 cm³/mol. The molecule has 3 aromatic rings. The number of nitrogens with one attached hydrogen (secondary N) is 1. The van der Waals surface area contributed by atoms with Gasteiger partial charge in [-0.15, -0.1) is 0 Å². The quantitative estimate of drug-likeness (QED) is 0.368. The minimum absolute atomic E-state index is 0.134. The summed E-state index contributed by atoms with van der Waals surface area (Å²) in [6, 6.07) is 14.3. The molecule has 0 fully saturated rings. The Morgan fingerprint density at radius 3 is 2.46 bits per heavy atom. The van der Waals surface area contributed by atoms with Gasteiger partial charge in [-0.2, -0.15) is 0 Å². The van der Waals surface area contributed by atoms with Crippen LogP contribution < -0.4 is 24.3 Å². The van der Waals surface area contributed by atoms with Crippen molar-refractivity contribution < 1.29 is 32.5 Å². The highest BCUT2D eigenvalue weighted by atomic mass is 19.3. The number of nitrogens with zero attached hydrogens (tertiary/aromatic N) is 2. The minimum atomic E-state index is -2.59. The summed E-state index contributed by atoms with van der Waals surface area (Å²) in [6.07, 6.45) is 0.117. The van der Waals surface area contributed by atoms with Gasteiger partial charge in [-0.1, -0.05) is 12.1 Å². The molecular weight excluding hydrogens is 508 g/mol. The number of methoxy groups -OCH3 is 3. The van der Waals surface area contributed by atoms with Gasteiger partial charge in [0.05, 0.1) is 40.1 Å². The van der Waals surface area contributed by atoms with Crippen LogP contribution >= 0.6 is 0 Å². The standard InChI is InChI=1S/C29H33F2N3O5/c1-36-24-8-7-19(15-26(24)38-3)14-22-29-21(23(39-18-27(30)31)9-10-25(29)37-2)11-13-34(22)17-28(35)33-16-20-6-4-5-12-32-20/h4-10,12,15,22,27H,11,13-14,16-18H2,1-3H3,(H,33,35). The first-order valence-electron chi connectivity index (χ1n) is 12.7. The molecule has 0 radical (unpaired) electrons. The normalized spacial score (nSPS) is 15.0. The number of benzene rings is 2. The van der Waals surface area contributed by atoms with Gasteiger partial charge in [-0.3, -0.25) is 14.7 Å². The summed E-state index contributed by atoms with van der Waals surface area (Å²) >= 11 is 0. The number of pyridine rings is 1.